The summed E-state index contributed by atoms with van der Waals surface area (Å²) in [6, 6.07) is 19.5. The third kappa shape index (κ3) is 4.10. The van der Waals surface area contributed by atoms with Crippen LogP contribution in [0, 0.1) is 11.3 Å². The van der Waals surface area contributed by atoms with E-state index in [1.54, 1.807) is 0 Å². The third-order valence-electron chi connectivity index (χ3n) is 5.29. The Kier molecular flexibility index (Phi) is 5.62. The number of hydrogen-bond donors (Lipinski definition) is 0. The summed E-state index contributed by atoms with van der Waals surface area (Å²) in [4.78, 5) is 0. The summed E-state index contributed by atoms with van der Waals surface area (Å²) in [7, 11) is 0. The summed E-state index contributed by atoms with van der Waals surface area (Å²) in [5.74, 6) is 1.89. The molecular weight excluding hydrogens is 344 g/mol. The highest BCUT2D eigenvalue weighted by Gasteiger charge is 2.50. The van der Waals surface area contributed by atoms with Gasteiger partial charge in [-0.05, 0) is 30.7 Å². The fourth-order valence-corrected chi connectivity index (χ4v) is 3.26. The maximum absolute atomic E-state index is 6.05. The zero-order chi connectivity index (χ0) is 18.5. The number of ether oxygens (including phenoxy) is 5. The van der Waals surface area contributed by atoms with Crippen molar-refractivity contribution in [1.29, 1.82) is 0 Å². The van der Waals surface area contributed by atoms with Crippen molar-refractivity contribution in [1.82, 2.24) is 0 Å². The fraction of sp³-hybridized carbons (Fsp3) is 0.455. The molecule has 2 aromatic carbocycles. The van der Waals surface area contributed by atoms with E-state index in [-0.39, 0.29) is 23.9 Å². The van der Waals surface area contributed by atoms with E-state index in [2.05, 4.69) is 6.92 Å². The van der Waals surface area contributed by atoms with Crippen LogP contribution in [0.5, 0.6) is 11.5 Å². The molecule has 0 aromatic heterocycles. The van der Waals surface area contributed by atoms with Gasteiger partial charge in [-0.25, -0.2) is 0 Å². The molecule has 4 unspecified atom stereocenters. The second kappa shape index (κ2) is 8.30. The molecule has 2 aromatic rings. The molecule has 0 amide bonds. The van der Waals surface area contributed by atoms with Crippen LogP contribution in [0.25, 0.3) is 0 Å². The quantitative estimate of drug-likeness (QED) is 0.670. The number of benzene rings is 2. The molecule has 2 aliphatic rings. The first kappa shape index (κ1) is 18.3. The van der Waals surface area contributed by atoms with Gasteiger partial charge < -0.3 is 23.7 Å². The van der Waals surface area contributed by atoms with Gasteiger partial charge in [0.15, 0.2) is 0 Å². The van der Waals surface area contributed by atoms with Crippen LogP contribution >= 0.6 is 0 Å². The summed E-state index contributed by atoms with van der Waals surface area (Å²) >= 11 is 0. The van der Waals surface area contributed by atoms with Crippen LogP contribution in [-0.4, -0.2) is 39.0 Å². The van der Waals surface area contributed by atoms with E-state index in [4.69, 9.17) is 23.7 Å². The van der Waals surface area contributed by atoms with Gasteiger partial charge in [0.2, 0.25) is 12.6 Å². The molecule has 0 bridgehead atoms. The average molecular weight is 370 g/mol. The predicted octanol–water partition coefficient (Wildman–Crippen LogP) is 3.89. The lowest BCUT2D eigenvalue weighted by atomic mass is 9.82. The normalized spacial score (nSPS) is 29.4. The summed E-state index contributed by atoms with van der Waals surface area (Å²) in [6.45, 7) is 4.69. The lowest BCUT2D eigenvalue weighted by Gasteiger charge is -2.48. The van der Waals surface area contributed by atoms with Crippen LogP contribution in [0.15, 0.2) is 60.7 Å². The number of hydrogen-bond acceptors (Lipinski definition) is 5. The number of para-hydroxylation sites is 2. The Bertz CT molecular complexity index is 703. The SMILES string of the molecule is CCC1(COCC2COC2Oc2ccccc2)COC1Oc1ccccc1. The highest BCUT2D eigenvalue weighted by Crippen LogP contribution is 2.40. The van der Waals surface area contributed by atoms with Crippen LogP contribution in [0.1, 0.15) is 13.3 Å². The van der Waals surface area contributed by atoms with E-state index >= 15 is 0 Å². The first-order chi connectivity index (χ1) is 13.3. The Balaban J connectivity index is 1.25. The van der Waals surface area contributed by atoms with Gasteiger partial charge in [-0.2, -0.15) is 0 Å². The molecule has 2 aliphatic heterocycles. The molecule has 4 atom stereocenters. The highest BCUT2D eigenvalue weighted by molar-refractivity contribution is 5.22. The molecule has 5 nitrogen and oxygen atoms in total. The van der Waals surface area contributed by atoms with E-state index in [1.165, 1.54) is 0 Å². The average Bonchev–Trinajstić information content (AvgIpc) is 2.70. The molecule has 2 fully saturated rings. The van der Waals surface area contributed by atoms with Gasteiger partial charge in [-0.15, -0.1) is 0 Å². The summed E-state index contributed by atoms with van der Waals surface area (Å²) in [5, 5.41) is 0. The van der Waals surface area contributed by atoms with E-state index < -0.39 is 0 Å². The van der Waals surface area contributed by atoms with E-state index in [0.717, 1.165) is 17.9 Å². The molecule has 0 saturated carbocycles. The molecule has 27 heavy (non-hydrogen) atoms. The summed E-state index contributed by atoms with van der Waals surface area (Å²) < 4.78 is 29.1. The van der Waals surface area contributed by atoms with Crippen molar-refractivity contribution in [2.24, 2.45) is 11.3 Å². The predicted molar refractivity (Wildman–Crippen MR) is 101 cm³/mol. The molecule has 0 N–H and O–H groups in total. The van der Waals surface area contributed by atoms with Crippen LogP contribution < -0.4 is 9.47 Å². The van der Waals surface area contributed by atoms with E-state index in [1.807, 2.05) is 60.7 Å². The summed E-state index contributed by atoms with van der Waals surface area (Å²) in [5.41, 5.74) is -0.101. The smallest absolute Gasteiger partial charge is 0.210 e. The zero-order valence-electron chi connectivity index (χ0n) is 15.6. The van der Waals surface area contributed by atoms with Gasteiger partial charge in [0, 0.05) is 0 Å². The minimum Gasteiger partial charge on any atom is -0.464 e. The van der Waals surface area contributed by atoms with Crippen LogP contribution in [0.3, 0.4) is 0 Å². The Morgan fingerprint density at radius 2 is 1.59 bits per heavy atom. The molecule has 0 spiro atoms. The lowest BCUT2D eigenvalue weighted by molar-refractivity contribution is -0.296. The number of rotatable bonds is 9. The summed E-state index contributed by atoms with van der Waals surface area (Å²) in [6.07, 6.45) is 0.438. The molecular formula is C22H26O5. The monoisotopic (exact) mass is 370 g/mol. The van der Waals surface area contributed by atoms with Gasteiger partial charge in [0.05, 0.1) is 37.8 Å². The lowest BCUT2D eigenvalue weighted by Crippen LogP contribution is -2.57. The minimum absolute atomic E-state index is 0.101. The Morgan fingerprint density at radius 3 is 2.11 bits per heavy atom. The van der Waals surface area contributed by atoms with Crippen molar-refractivity contribution >= 4 is 0 Å². The first-order valence-electron chi connectivity index (χ1n) is 9.53. The topological polar surface area (TPSA) is 46.2 Å². The van der Waals surface area contributed by atoms with Crippen molar-refractivity contribution in [3.8, 4) is 11.5 Å². The Labute approximate surface area is 160 Å². The second-order valence-electron chi connectivity index (χ2n) is 7.20. The second-order valence-corrected chi connectivity index (χ2v) is 7.20. The van der Waals surface area contributed by atoms with Gasteiger partial charge in [0.1, 0.15) is 11.5 Å². The van der Waals surface area contributed by atoms with E-state index in [0.29, 0.717) is 26.4 Å². The Hall–Kier alpha value is -2.08. The van der Waals surface area contributed by atoms with Gasteiger partial charge in [0.25, 0.3) is 0 Å². The highest BCUT2D eigenvalue weighted by atomic mass is 16.7. The molecule has 4 rings (SSSR count). The van der Waals surface area contributed by atoms with Gasteiger partial charge in [-0.1, -0.05) is 43.3 Å². The standard InChI is InChI=1S/C22H26O5/c1-2-22(16-25-21(22)27-19-11-7-4-8-12-19)15-23-13-17-14-24-20(17)26-18-9-5-3-6-10-18/h3-12,17,20-21H,2,13-16H2,1H3. The largest absolute Gasteiger partial charge is 0.464 e. The molecule has 0 radical (unpaired) electrons. The molecule has 2 heterocycles. The molecule has 144 valence electrons. The van der Waals surface area contributed by atoms with Crippen LogP contribution in [0.4, 0.5) is 0 Å². The van der Waals surface area contributed by atoms with Crippen LogP contribution in [0.2, 0.25) is 0 Å². The van der Waals surface area contributed by atoms with Crippen molar-refractivity contribution < 1.29 is 23.7 Å². The first-order valence-corrected chi connectivity index (χ1v) is 9.53. The molecule has 2 saturated heterocycles. The van der Waals surface area contributed by atoms with Crippen molar-refractivity contribution in [3.63, 3.8) is 0 Å². The maximum Gasteiger partial charge on any atom is 0.210 e. The van der Waals surface area contributed by atoms with Crippen molar-refractivity contribution in [2.45, 2.75) is 25.9 Å². The van der Waals surface area contributed by atoms with E-state index in [9.17, 15) is 0 Å². The Morgan fingerprint density at radius 1 is 0.926 bits per heavy atom. The minimum atomic E-state index is -0.265. The van der Waals surface area contributed by atoms with Crippen LogP contribution in [-0.2, 0) is 14.2 Å². The van der Waals surface area contributed by atoms with Gasteiger partial charge >= 0.3 is 0 Å². The van der Waals surface area contributed by atoms with Crippen molar-refractivity contribution in [3.05, 3.63) is 60.7 Å². The third-order valence-corrected chi connectivity index (χ3v) is 5.29. The molecule has 5 heteroatoms. The zero-order valence-corrected chi connectivity index (χ0v) is 15.6. The fourth-order valence-electron chi connectivity index (χ4n) is 3.26. The maximum atomic E-state index is 6.05. The van der Waals surface area contributed by atoms with Crippen molar-refractivity contribution in [2.75, 3.05) is 26.4 Å². The molecule has 0 aliphatic carbocycles. The van der Waals surface area contributed by atoms with Gasteiger partial charge in [-0.3, -0.25) is 0 Å².